The second-order valence-corrected chi connectivity index (χ2v) is 5.27. The molecule has 0 bridgehead atoms. The SMILES string of the molecule is O=C(N[C@@H]1c2ccccc2C[C@H]1O)[C@@H](O)c1ccccc1. The minimum atomic E-state index is -1.23. The van der Waals surface area contributed by atoms with Crippen molar-refractivity contribution in [2.24, 2.45) is 0 Å². The molecule has 0 unspecified atom stereocenters. The Bertz CT molecular complexity index is 641. The topological polar surface area (TPSA) is 69.6 Å². The van der Waals surface area contributed by atoms with Crippen molar-refractivity contribution < 1.29 is 15.0 Å². The maximum Gasteiger partial charge on any atom is 0.254 e. The van der Waals surface area contributed by atoms with Gasteiger partial charge in [-0.3, -0.25) is 4.79 Å². The van der Waals surface area contributed by atoms with Gasteiger partial charge in [0.2, 0.25) is 0 Å². The smallest absolute Gasteiger partial charge is 0.254 e. The third-order valence-corrected chi connectivity index (χ3v) is 3.87. The van der Waals surface area contributed by atoms with Crippen molar-refractivity contribution in [1.29, 1.82) is 0 Å². The Hall–Kier alpha value is -2.17. The molecule has 0 radical (unpaired) electrons. The van der Waals surface area contributed by atoms with E-state index in [2.05, 4.69) is 5.32 Å². The third-order valence-electron chi connectivity index (χ3n) is 3.87. The summed E-state index contributed by atoms with van der Waals surface area (Å²) >= 11 is 0. The molecule has 21 heavy (non-hydrogen) atoms. The number of aliphatic hydroxyl groups excluding tert-OH is 2. The lowest BCUT2D eigenvalue weighted by molar-refractivity contribution is -0.131. The van der Waals surface area contributed by atoms with Crippen molar-refractivity contribution in [2.75, 3.05) is 0 Å². The van der Waals surface area contributed by atoms with Crippen LogP contribution in [0.15, 0.2) is 54.6 Å². The molecule has 0 saturated carbocycles. The third kappa shape index (κ3) is 2.68. The zero-order chi connectivity index (χ0) is 14.8. The van der Waals surface area contributed by atoms with E-state index in [1.807, 2.05) is 30.3 Å². The first-order chi connectivity index (χ1) is 10.2. The van der Waals surface area contributed by atoms with Crippen LogP contribution in [0.2, 0.25) is 0 Å². The maximum atomic E-state index is 12.2. The van der Waals surface area contributed by atoms with Gasteiger partial charge < -0.3 is 15.5 Å². The van der Waals surface area contributed by atoms with Crippen molar-refractivity contribution in [1.82, 2.24) is 5.32 Å². The Morgan fingerprint density at radius 3 is 2.52 bits per heavy atom. The average molecular weight is 283 g/mol. The van der Waals surface area contributed by atoms with Crippen molar-refractivity contribution in [3.05, 3.63) is 71.3 Å². The van der Waals surface area contributed by atoms with Gasteiger partial charge in [-0.25, -0.2) is 0 Å². The van der Waals surface area contributed by atoms with E-state index in [4.69, 9.17) is 0 Å². The molecule has 3 rings (SSSR count). The zero-order valence-corrected chi connectivity index (χ0v) is 11.4. The molecule has 4 nitrogen and oxygen atoms in total. The lowest BCUT2D eigenvalue weighted by Crippen LogP contribution is -2.37. The number of rotatable bonds is 3. The monoisotopic (exact) mass is 283 g/mol. The highest BCUT2D eigenvalue weighted by atomic mass is 16.3. The molecule has 0 fully saturated rings. The highest BCUT2D eigenvalue weighted by Gasteiger charge is 2.33. The highest BCUT2D eigenvalue weighted by Crippen LogP contribution is 2.31. The Kier molecular flexibility index (Phi) is 3.73. The van der Waals surface area contributed by atoms with Gasteiger partial charge in [0.25, 0.3) is 5.91 Å². The van der Waals surface area contributed by atoms with Crippen molar-refractivity contribution >= 4 is 5.91 Å². The molecular formula is C17H17NO3. The number of carbonyl (C=O) groups excluding carboxylic acids is 1. The summed E-state index contributed by atoms with van der Waals surface area (Å²) in [5.41, 5.74) is 2.49. The molecule has 2 aromatic rings. The van der Waals surface area contributed by atoms with Crippen LogP contribution in [-0.4, -0.2) is 22.2 Å². The van der Waals surface area contributed by atoms with Gasteiger partial charge in [0, 0.05) is 6.42 Å². The number of carbonyl (C=O) groups is 1. The molecule has 2 aromatic carbocycles. The van der Waals surface area contributed by atoms with Gasteiger partial charge in [-0.2, -0.15) is 0 Å². The molecule has 0 aromatic heterocycles. The van der Waals surface area contributed by atoms with E-state index in [-0.39, 0.29) is 0 Å². The van der Waals surface area contributed by atoms with Gasteiger partial charge >= 0.3 is 0 Å². The number of hydrogen-bond donors (Lipinski definition) is 3. The zero-order valence-electron chi connectivity index (χ0n) is 11.4. The molecule has 0 aliphatic heterocycles. The first-order valence-corrected chi connectivity index (χ1v) is 6.96. The summed E-state index contributed by atoms with van der Waals surface area (Å²) in [6.45, 7) is 0. The second kappa shape index (κ2) is 5.68. The van der Waals surface area contributed by atoms with E-state index < -0.39 is 24.2 Å². The lowest BCUT2D eigenvalue weighted by atomic mass is 10.1. The van der Waals surface area contributed by atoms with Crippen LogP contribution >= 0.6 is 0 Å². The first-order valence-electron chi connectivity index (χ1n) is 6.96. The summed E-state index contributed by atoms with van der Waals surface area (Å²) in [6, 6.07) is 15.9. The minimum Gasteiger partial charge on any atom is -0.390 e. The van der Waals surface area contributed by atoms with Crippen LogP contribution in [-0.2, 0) is 11.2 Å². The molecule has 1 amide bonds. The summed E-state index contributed by atoms with van der Waals surface area (Å²) in [6.07, 6.45) is -1.37. The van der Waals surface area contributed by atoms with Crippen LogP contribution in [0.3, 0.4) is 0 Å². The Balaban J connectivity index is 1.76. The van der Waals surface area contributed by atoms with Crippen LogP contribution in [0.25, 0.3) is 0 Å². The Morgan fingerprint density at radius 2 is 1.76 bits per heavy atom. The van der Waals surface area contributed by atoms with Crippen LogP contribution in [0, 0.1) is 0 Å². The van der Waals surface area contributed by atoms with Crippen LogP contribution < -0.4 is 5.32 Å². The van der Waals surface area contributed by atoms with Gasteiger partial charge in [-0.05, 0) is 16.7 Å². The predicted molar refractivity (Wildman–Crippen MR) is 78.4 cm³/mol. The van der Waals surface area contributed by atoms with Crippen LogP contribution in [0.5, 0.6) is 0 Å². The summed E-state index contributed by atoms with van der Waals surface area (Å²) in [7, 11) is 0. The number of hydrogen-bond acceptors (Lipinski definition) is 3. The fourth-order valence-corrected chi connectivity index (χ4v) is 2.77. The molecule has 1 aliphatic carbocycles. The van der Waals surface area contributed by atoms with Gasteiger partial charge in [-0.15, -0.1) is 0 Å². The van der Waals surface area contributed by atoms with Crippen LogP contribution in [0.1, 0.15) is 28.8 Å². The predicted octanol–water partition coefficient (Wildman–Crippen LogP) is 1.49. The average Bonchev–Trinajstić information content (AvgIpc) is 2.83. The molecule has 1 aliphatic rings. The molecule has 108 valence electrons. The van der Waals surface area contributed by atoms with E-state index in [1.165, 1.54) is 0 Å². The van der Waals surface area contributed by atoms with Crippen molar-refractivity contribution in [2.45, 2.75) is 24.7 Å². The molecule has 0 heterocycles. The highest BCUT2D eigenvalue weighted by molar-refractivity contribution is 5.82. The lowest BCUT2D eigenvalue weighted by Gasteiger charge is -2.20. The van der Waals surface area contributed by atoms with E-state index in [1.54, 1.807) is 24.3 Å². The van der Waals surface area contributed by atoms with Crippen LogP contribution in [0.4, 0.5) is 0 Å². The van der Waals surface area contributed by atoms with Crippen molar-refractivity contribution in [3.63, 3.8) is 0 Å². The first kappa shape index (κ1) is 13.8. The fraction of sp³-hybridized carbons (Fsp3) is 0.235. The number of amides is 1. The minimum absolute atomic E-state index is 0.466. The Morgan fingerprint density at radius 1 is 1.10 bits per heavy atom. The van der Waals surface area contributed by atoms with Gasteiger partial charge in [0.15, 0.2) is 6.10 Å². The van der Waals surface area contributed by atoms with E-state index in [0.29, 0.717) is 12.0 Å². The summed E-state index contributed by atoms with van der Waals surface area (Å²) < 4.78 is 0. The largest absolute Gasteiger partial charge is 0.390 e. The number of aliphatic hydroxyl groups is 2. The molecule has 4 heteroatoms. The number of nitrogens with one attached hydrogen (secondary N) is 1. The number of fused-ring (bicyclic) bond motifs is 1. The second-order valence-electron chi connectivity index (χ2n) is 5.27. The summed E-state index contributed by atoms with van der Waals surface area (Å²) in [5.74, 6) is -0.498. The molecule has 0 saturated heterocycles. The number of benzene rings is 2. The quantitative estimate of drug-likeness (QED) is 0.799. The fourth-order valence-electron chi connectivity index (χ4n) is 2.77. The summed E-state index contributed by atoms with van der Waals surface area (Å²) in [4.78, 5) is 12.2. The Labute approximate surface area is 123 Å². The standard InChI is InChI=1S/C17H17NO3/c19-14-10-12-8-4-5-9-13(12)15(14)18-17(21)16(20)11-6-2-1-3-7-11/h1-9,14-16,19-20H,10H2,(H,18,21)/t14-,15-,16+/m1/s1. The molecule has 3 N–H and O–H groups in total. The van der Waals surface area contributed by atoms with E-state index in [9.17, 15) is 15.0 Å². The van der Waals surface area contributed by atoms with Gasteiger partial charge in [-0.1, -0.05) is 54.6 Å². The van der Waals surface area contributed by atoms with E-state index >= 15 is 0 Å². The van der Waals surface area contributed by atoms with Gasteiger partial charge in [0.1, 0.15) is 0 Å². The molecule has 3 atom stereocenters. The van der Waals surface area contributed by atoms with Crippen molar-refractivity contribution in [3.8, 4) is 0 Å². The summed E-state index contributed by atoms with van der Waals surface area (Å²) in [5, 5.41) is 22.9. The maximum absolute atomic E-state index is 12.2. The molecule has 0 spiro atoms. The van der Waals surface area contributed by atoms with E-state index in [0.717, 1.165) is 11.1 Å². The normalized spacial score (nSPS) is 21.6. The molecular weight excluding hydrogens is 266 g/mol. The van der Waals surface area contributed by atoms with Gasteiger partial charge in [0.05, 0.1) is 12.1 Å².